The number of hydrogen-bond donors (Lipinski definition) is 0. The summed E-state index contributed by atoms with van der Waals surface area (Å²) in [6.45, 7) is 7.35. The number of hydrogen-bond acceptors (Lipinski definition) is 3. The molecule has 2 rings (SSSR count). The minimum absolute atomic E-state index is 0.179. The maximum Gasteiger partial charge on any atom is 0.410 e. The molecule has 19 heavy (non-hydrogen) atoms. The molecule has 4 nitrogen and oxygen atoms in total. The van der Waals surface area contributed by atoms with Crippen molar-refractivity contribution >= 4 is 11.9 Å². The molecule has 2 atom stereocenters. The molecule has 2 aliphatic heterocycles. The van der Waals surface area contributed by atoms with Gasteiger partial charge in [-0.05, 0) is 59.3 Å². The number of carbonyl (C=O) groups excluding carboxylic acids is 2. The molecule has 2 saturated heterocycles. The van der Waals surface area contributed by atoms with Gasteiger partial charge < -0.3 is 14.4 Å². The number of carbonyl (C=O) groups is 2. The summed E-state index contributed by atoms with van der Waals surface area (Å²) in [6.07, 6.45) is 4.50. The van der Waals surface area contributed by atoms with E-state index in [9.17, 15) is 9.59 Å². The van der Waals surface area contributed by atoms with Crippen LogP contribution in [0.2, 0.25) is 0 Å². The second kappa shape index (κ2) is 5.14. The van der Waals surface area contributed by atoms with E-state index in [0.717, 1.165) is 25.7 Å². The van der Waals surface area contributed by atoms with E-state index < -0.39 is 5.60 Å². The third-order valence-electron chi connectivity index (χ3n) is 4.01. The molecule has 2 heterocycles. The van der Waals surface area contributed by atoms with E-state index in [4.69, 9.17) is 4.74 Å². The first-order valence-corrected chi connectivity index (χ1v) is 7.27. The predicted molar refractivity (Wildman–Crippen MR) is 72.9 cm³/mol. The van der Waals surface area contributed by atoms with Crippen molar-refractivity contribution in [3.63, 3.8) is 0 Å². The SMILES string of the molecule is CC(=O)CC1CC2CCC(C1)N2C(=O)OC(C)(C)C. The van der Waals surface area contributed by atoms with Gasteiger partial charge in [0.05, 0.1) is 0 Å². The smallest absolute Gasteiger partial charge is 0.410 e. The van der Waals surface area contributed by atoms with E-state index in [1.54, 1.807) is 6.92 Å². The molecule has 0 aromatic heterocycles. The van der Waals surface area contributed by atoms with E-state index in [2.05, 4.69) is 0 Å². The van der Waals surface area contributed by atoms with Crippen LogP contribution in [0.25, 0.3) is 0 Å². The number of piperidine rings is 1. The maximum atomic E-state index is 12.2. The Morgan fingerprint density at radius 3 is 2.11 bits per heavy atom. The van der Waals surface area contributed by atoms with E-state index in [1.165, 1.54) is 0 Å². The Kier molecular flexibility index (Phi) is 3.88. The monoisotopic (exact) mass is 267 g/mol. The van der Waals surface area contributed by atoms with Gasteiger partial charge in [-0.25, -0.2) is 4.79 Å². The van der Waals surface area contributed by atoms with Crippen LogP contribution in [0.15, 0.2) is 0 Å². The van der Waals surface area contributed by atoms with Gasteiger partial charge in [-0.1, -0.05) is 0 Å². The molecule has 0 saturated carbocycles. The standard InChI is InChI=1S/C15H25NO3/c1-10(17)7-11-8-12-5-6-13(9-11)16(12)14(18)19-15(2,3)4/h11-13H,5-9H2,1-4H3. The molecule has 2 fully saturated rings. The Morgan fingerprint density at radius 2 is 1.68 bits per heavy atom. The van der Waals surface area contributed by atoms with Crippen molar-refractivity contribution < 1.29 is 14.3 Å². The summed E-state index contributed by atoms with van der Waals surface area (Å²) in [7, 11) is 0. The first-order valence-electron chi connectivity index (χ1n) is 7.27. The Hall–Kier alpha value is -1.06. The maximum absolute atomic E-state index is 12.2. The normalized spacial score (nSPS) is 30.3. The van der Waals surface area contributed by atoms with E-state index in [-0.39, 0.29) is 24.0 Å². The number of ether oxygens (including phenoxy) is 1. The van der Waals surface area contributed by atoms with Crippen LogP contribution in [-0.2, 0) is 9.53 Å². The van der Waals surface area contributed by atoms with Crippen molar-refractivity contribution in [2.75, 3.05) is 0 Å². The Bertz CT molecular complexity index is 358. The lowest BCUT2D eigenvalue weighted by Crippen LogP contribution is -2.48. The van der Waals surface area contributed by atoms with Gasteiger partial charge in [0.25, 0.3) is 0 Å². The largest absolute Gasteiger partial charge is 0.444 e. The minimum atomic E-state index is -0.438. The van der Waals surface area contributed by atoms with Gasteiger partial charge >= 0.3 is 6.09 Å². The highest BCUT2D eigenvalue weighted by atomic mass is 16.6. The second-order valence-corrected chi connectivity index (χ2v) is 7.02. The lowest BCUT2D eigenvalue weighted by Gasteiger charge is -2.39. The summed E-state index contributed by atoms with van der Waals surface area (Å²) >= 11 is 0. The summed E-state index contributed by atoms with van der Waals surface area (Å²) in [4.78, 5) is 25.4. The van der Waals surface area contributed by atoms with Crippen LogP contribution < -0.4 is 0 Å². The van der Waals surface area contributed by atoms with Gasteiger partial charge in [-0.15, -0.1) is 0 Å². The number of amides is 1. The molecule has 0 radical (unpaired) electrons. The van der Waals surface area contributed by atoms with Crippen molar-refractivity contribution in [1.29, 1.82) is 0 Å². The van der Waals surface area contributed by atoms with Crippen LogP contribution >= 0.6 is 0 Å². The molecule has 0 aromatic rings. The van der Waals surface area contributed by atoms with Crippen molar-refractivity contribution in [2.24, 2.45) is 5.92 Å². The van der Waals surface area contributed by atoms with Crippen molar-refractivity contribution in [3.8, 4) is 0 Å². The second-order valence-electron chi connectivity index (χ2n) is 7.02. The highest BCUT2D eigenvalue weighted by Crippen LogP contribution is 2.40. The third kappa shape index (κ3) is 3.48. The van der Waals surface area contributed by atoms with Crippen LogP contribution in [0.1, 0.15) is 59.8 Å². The zero-order chi connectivity index (χ0) is 14.2. The number of rotatable bonds is 2. The Balaban J connectivity index is 1.99. The highest BCUT2D eigenvalue weighted by molar-refractivity contribution is 5.76. The fourth-order valence-corrected chi connectivity index (χ4v) is 3.48. The quantitative estimate of drug-likeness (QED) is 0.772. The predicted octanol–water partition coefficient (Wildman–Crippen LogP) is 3.14. The Morgan fingerprint density at radius 1 is 1.16 bits per heavy atom. The van der Waals surface area contributed by atoms with E-state index in [1.807, 2.05) is 25.7 Å². The van der Waals surface area contributed by atoms with Gasteiger partial charge in [0, 0.05) is 18.5 Å². The van der Waals surface area contributed by atoms with Gasteiger partial charge in [0.15, 0.2) is 0 Å². The molecule has 4 heteroatoms. The molecule has 2 unspecified atom stereocenters. The summed E-state index contributed by atoms with van der Waals surface area (Å²) in [6, 6.07) is 0.552. The van der Waals surface area contributed by atoms with E-state index in [0.29, 0.717) is 12.3 Å². The van der Waals surface area contributed by atoms with Crippen molar-refractivity contribution in [2.45, 2.75) is 77.5 Å². The van der Waals surface area contributed by atoms with Crippen molar-refractivity contribution in [3.05, 3.63) is 0 Å². The molecule has 0 spiro atoms. The molecule has 0 aliphatic carbocycles. The lowest BCUT2D eigenvalue weighted by atomic mass is 9.87. The zero-order valence-corrected chi connectivity index (χ0v) is 12.4. The molecule has 0 N–H and O–H groups in total. The zero-order valence-electron chi connectivity index (χ0n) is 12.4. The van der Waals surface area contributed by atoms with Crippen LogP contribution in [0.4, 0.5) is 4.79 Å². The van der Waals surface area contributed by atoms with Crippen molar-refractivity contribution in [1.82, 2.24) is 4.90 Å². The fraction of sp³-hybridized carbons (Fsp3) is 0.867. The highest BCUT2D eigenvalue weighted by Gasteiger charge is 2.44. The van der Waals surface area contributed by atoms with Gasteiger partial charge in [-0.2, -0.15) is 0 Å². The first-order chi connectivity index (χ1) is 8.76. The van der Waals surface area contributed by atoms with Gasteiger partial charge in [0.1, 0.15) is 11.4 Å². The molecule has 0 aromatic carbocycles. The fourth-order valence-electron chi connectivity index (χ4n) is 3.48. The van der Waals surface area contributed by atoms with Gasteiger partial charge in [-0.3, -0.25) is 0 Å². The average Bonchev–Trinajstić information content (AvgIpc) is 2.47. The molecular formula is C15H25NO3. The van der Waals surface area contributed by atoms with Crippen LogP contribution in [0.3, 0.4) is 0 Å². The topological polar surface area (TPSA) is 46.6 Å². The lowest BCUT2D eigenvalue weighted by molar-refractivity contribution is -0.118. The number of fused-ring (bicyclic) bond motifs is 2. The molecule has 2 bridgehead atoms. The molecule has 108 valence electrons. The number of nitrogens with zero attached hydrogens (tertiary/aromatic N) is 1. The number of ketones is 1. The van der Waals surface area contributed by atoms with E-state index >= 15 is 0 Å². The molecule has 2 aliphatic rings. The molecule has 1 amide bonds. The summed E-state index contributed by atoms with van der Waals surface area (Å²) in [5.74, 6) is 0.712. The number of Topliss-reactive ketones (excluding diaryl/α,β-unsaturated/α-hetero) is 1. The summed E-state index contributed by atoms with van der Waals surface area (Å²) in [5, 5.41) is 0. The van der Waals surface area contributed by atoms with Gasteiger partial charge in [0.2, 0.25) is 0 Å². The van der Waals surface area contributed by atoms with Crippen LogP contribution in [-0.4, -0.2) is 34.5 Å². The van der Waals surface area contributed by atoms with Crippen LogP contribution in [0, 0.1) is 5.92 Å². The first kappa shape index (κ1) is 14.4. The molecular weight excluding hydrogens is 242 g/mol. The third-order valence-corrected chi connectivity index (χ3v) is 4.01. The minimum Gasteiger partial charge on any atom is -0.444 e. The average molecular weight is 267 g/mol. The Labute approximate surface area is 115 Å². The summed E-state index contributed by atoms with van der Waals surface area (Å²) in [5.41, 5.74) is -0.438. The summed E-state index contributed by atoms with van der Waals surface area (Å²) < 4.78 is 5.49. The van der Waals surface area contributed by atoms with Crippen LogP contribution in [0.5, 0.6) is 0 Å².